The summed E-state index contributed by atoms with van der Waals surface area (Å²) < 4.78 is 0. The minimum atomic E-state index is 0.759. The van der Waals surface area contributed by atoms with Crippen molar-refractivity contribution >= 4 is 12.0 Å². The van der Waals surface area contributed by atoms with Crippen LogP contribution in [0.1, 0.15) is 58.8 Å². The maximum Gasteiger partial charge on any atom is 0.163 e. The standard InChI is InChI=1S/C12H23NO/c1-3-5-7-9-12(11-14)13-10-8-6-4-2/h11H,3-10H2,1-2H3. The number of nitrogens with zero attached hydrogens (tertiary/aromatic N) is 1. The predicted octanol–water partition coefficient (Wildman–Crippen LogP) is 3.40. The van der Waals surface area contributed by atoms with E-state index in [0.29, 0.717) is 0 Å². The fraction of sp³-hybridized carbons (Fsp3) is 0.833. The van der Waals surface area contributed by atoms with Gasteiger partial charge in [-0.15, -0.1) is 0 Å². The zero-order chi connectivity index (χ0) is 10.6. The number of carbonyl (C=O) groups is 1. The van der Waals surface area contributed by atoms with Gasteiger partial charge in [0.05, 0.1) is 5.71 Å². The normalized spacial score (nSPS) is 11.7. The van der Waals surface area contributed by atoms with Crippen LogP contribution in [0.5, 0.6) is 0 Å². The Balaban J connectivity index is 3.58. The molecule has 0 amide bonds. The van der Waals surface area contributed by atoms with Gasteiger partial charge in [0.1, 0.15) is 0 Å². The number of rotatable bonds is 9. The van der Waals surface area contributed by atoms with Gasteiger partial charge in [0.15, 0.2) is 6.29 Å². The summed E-state index contributed by atoms with van der Waals surface area (Å²) in [5.41, 5.74) is 0.759. The van der Waals surface area contributed by atoms with E-state index in [1.807, 2.05) is 0 Å². The summed E-state index contributed by atoms with van der Waals surface area (Å²) in [5, 5.41) is 0. The van der Waals surface area contributed by atoms with E-state index in [2.05, 4.69) is 18.8 Å². The average molecular weight is 197 g/mol. The maximum absolute atomic E-state index is 10.6. The Morgan fingerprint density at radius 2 is 1.71 bits per heavy atom. The van der Waals surface area contributed by atoms with Crippen molar-refractivity contribution in [1.29, 1.82) is 0 Å². The highest BCUT2D eigenvalue weighted by Gasteiger charge is 1.96. The molecule has 14 heavy (non-hydrogen) atoms. The second-order valence-corrected chi connectivity index (χ2v) is 3.66. The molecule has 0 radical (unpaired) electrons. The molecule has 2 heteroatoms. The molecule has 0 aromatic rings. The number of unbranched alkanes of at least 4 members (excludes halogenated alkanes) is 4. The number of aldehydes is 1. The van der Waals surface area contributed by atoms with Crippen molar-refractivity contribution in [1.82, 2.24) is 0 Å². The van der Waals surface area contributed by atoms with Gasteiger partial charge >= 0.3 is 0 Å². The van der Waals surface area contributed by atoms with Crippen LogP contribution in [-0.2, 0) is 4.79 Å². The first-order valence-corrected chi connectivity index (χ1v) is 5.83. The first kappa shape index (κ1) is 13.3. The van der Waals surface area contributed by atoms with Crippen molar-refractivity contribution in [2.75, 3.05) is 6.54 Å². The first-order chi connectivity index (χ1) is 6.85. The van der Waals surface area contributed by atoms with Crippen LogP contribution in [0.25, 0.3) is 0 Å². The topological polar surface area (TPSA) is 29.4 Å². The Morgan fingerprint density at radius 3 is 2.29 bits per heavy atom. The van der Waals surface area contributed by atoms with Crippen LogP contribution in [0.2, 0.25) is 0 Å². The Hall–Kier alpha value is -0.660. The lowest BCUT2D eigenvalue weighted by Gasteiger charge is -1.99. The van der Waals surface area contributed by atoms with Crippen LogP contribution in [-0.4, -0.2) is 18.5 Å². The van der Waals surface area contributed by atoms with E-state index in [4.69, 9.17) is 0 Å². The highest BCUT2D eigenvalue weighted by molar-refractivity contribution is 6.28. The van der Waals surface area contributed by atoms with Crippen LogP contribution in [0.4, 0.5) is 0 Å². The van der Waals surface area contributed by atoms with Crippen molar-refractivity contribution in [3.05, 3.63) is 0 Å². The Labute approximate surface area is 87.8 Å². The van der Waals surface area contributed by atoms with Gasteiger partial charge in [0.25, 0.3) is 0 Å². The fourth-order valence-electron chi connectivity index (χ4n) is 1.32. The van der Waals surface area contributed by atoms with Gasteiger partial charge in [0.2, 0.25) is 0 Å². The van der Waals surface area contributed by atoms with Crippen LogP contribution in [0.15, 0.2) is 4.99 Å². The summed E-state index contributed by atoms with van der Waals surface area (Å²) in [5.74, 6) is 0. The number of hydrogen-bond acceptors (Lipinski definition) is 2. The van der Waals surface area contributed by atoms with E-state index in [-0.39, 0.29) is 0 Å². The van der Waals surface area contributed by atoms with Crippen LogP contribution in [0, 0.1) is 0 Å². The minimum absolute atomic E-state index is 0.759. The summed E-state index contributed by atoms with van der Waals surface area (Å²) in [6, 6.07) is 0. The van der Waals surface area contributed by atoms with E-state index >= 15 is 0 Å². The summed E-state index contributed by atoms with van der Waals surface area (Å²) in [7, 11) is 0. The minimum Gasteiger partial charge on any atom is -0.297 e. The fourth-order valence-corrected chi connectivity index (χ4v) is 1.32. The van der Waals surface area contributed by atoms with E-state index in [1.165, 1.54) is 25.7 Å². The summed E-state index contributed by atoms with van der Waals surface area (Å²) in [6.07, 6.45) is 8.81. The molecule has 0 N–H and O–H groups in total. The number of carbonyl (C=O) groups excluding carboxylic acids is 1. The maximum atomic E-state index is 10.6. The third-order valence-electron chi connectivity index (χ3n) is 2.25. The highest BCUT2D eigenvalue weighted by atomic mass is 16.1. The third kappa shape index (κ3) is 7.96. The second-order valence-electron chi connectivity index (χ2n) is 3.66. The Kier molecular flexibility index (Phi) is 9.93. The van der Waals surface area contributed by atoms with Crippen molar-refractivity contribution in [2.45, 2.75) is 58.8 Å². The molecule has 0 aliphatic heterocycles. The molecule has 0 saturated carbocycles. The molecule has 0 atom stereocenters. The van der Waals surface area contributed by atoms with Crippen molar-refractivity contribution in [3.8, 4) is 0 Å². The summed E-state index contributed by atoms with van der Waals surface area (Å²) in [6.45, 7) is 5.17. The largest absolute Gasteiger partial charge is 0.297 e. The molecule has 2 nitrogen and oxygen atoms in total. The zero-order valence-corrected chi connectivity index (χ0v) is 9.59. The molecule has 0 aromatic heterocycles. The molecule has 0 heterocycles. The van der Waals surface area contributed by atoms with Gasteiger partial charge in [0, 0.05) is 6.54 Å². The lowest BCUT2D eigenvalue weighted by Crippen LogP contribution is -2.01. The van der Waals surface area contributed by atoms with Gasteiger partial charge in [-0.05, 0) is 19.3 Å². The molecule has 0 spiro atoms. The van der Waals surface area contributed by atoms with Crippen molar-refractivity contribution in [2.24, 2.45) is 4.99 Å². The first-order valence-electron chi connectivity index (χ1n) is 5.83. The zero-order valence-electron chi connectivity index (χ0n) is 9.59. The quantitative estimate of drug-likeness (QED) is 0.316. The van der Waals surface area contributed by atoms with Gasteiger partial charge in [-0.25, -0.2) is 0 Å². The van der Waals surface area contributed by atoms with Crippen molar-refractivity contribution < 1.29 is 4.79 Å². The van der Waals surface area contributed by atoms with Gasteiger partial charge in [-0.3, -0.25) is 9.79 Å². The molecule has 82 valence electrons. The molecule has 0 saturated heterocycles. The molecule has 0 rings (SSSR count). The SMILES string of the molecule is CCCCCN=C(C=O)CCCCC. The second kappa shape index (κ2) is 10.4. The third-order valence-corrected chi connectivity index (χ3v) is 2.25. The van der Waals surface area contributed by atoms with Gasteiger partial charge in [-0.1, -0.05) is 39.5 Å². The molecular formula is C12H23NO. The summed E-state index contributed by atoms with van der Waals surface area (Å²) in [4.78, 5) is 14.9. The summed E-state index contributed by atoms with van der Waals surface area (Å²) >= 11 is 0. The Morgan fingerprint density at radius 1 is 1.07 bits per heavy atom. The van der Waals surface area contributed by atoms with Gasteiger partial charge < -0.3 is 0 Å². The monoisotopic (exact) mass is 197 g/mol. The molecule has 0 bridgehead atoms. The number of hydrogen-bond donors (Lipinski definition) is 0. The van der Waals surface area contributed by atoms with E-state index in [1.54, 1.807) is 0 Å². The van der Waals surface area contributed by atoms with E-state index in [9.17, 15) is 4.79 Å². The van der Waals surface area contributed by atoms with Crippen LogP contribution in [0.3, 0.4) is 0 Å². The van der Waals surface area contributed by atoms with E-state index < -0.39 is 0 Å². The highest BCUT2D eigenvalue weighted by Crippen LogP contribution is 2.01. The smallest absolute Gasteiger partial charge is 0.163 e. The lowest BCUT2D eigenvalue weighted by atomic mass is 10.1. The van der Waals surface area contributed by atoms with Crippen LogP contribution >= 0.6 is 0 Å². The molecule has 0 aliphatic carbocycles. The molecule has 0 aliphatic rings. The Bertz CT molecular complexity index is 164. The number of aliphatic imine (C=N–C) groups is 1. The molecule has 0 fully saturated rings. The average Bonchev–Trinajstić information content (AvgIpc) is 2.22. The lowest BCUT2D eigenvalue weighted by molar-refractivity contribution is -0.102. The predicted molar refractivity (Wildman–Crippen MR) is 62.0 cm³/mol. The molecule has 0 aromatic carbocycles. The van der Waals surface area contributed by atoms with Crippen molar-refractivity contribution in [3.63, 3.8) is 0 Å². The van der Waals surface area contributed by atoms with Gasteiger partial charge in [-0.2, -0.15) is 0 Å². The van der Waals surface area contributed by atoms with Crippen LogP contribution < -0.4 is 0 Å². The molecular weight excluding hydrogens is 174 g/mol. The molecule has 0 unspecified atom stereocenters. The van der Waals surface area contributed by atoms with E-state index in [0.717, 1.165) is 37.8 Å².